The summed E-state index contributed by atoms with van der Waals surface area (Å²) in [7, 11) is 1.65. The van der Waals surface area contributed by atoms with Gasteiger partial charge in [-0.15, -0.1) is 0 Å². The number of carbonyl (C=O) groups is 1. The van der Waals surface area contributed by atoms with Gasteiger partial charge in [0.2, 0.25) is 18.6 Å². The van der Waals surface area contributed by atoms with E-state index in [4.69, 9.17) is 18.7 Å². The van der Waals surface area contributed by atoms with Crippen molar-refractivity contribution in [2.45, 2.75) is 31.7 Å². The van der Waals surface area contributed by atoms with Crippen molar-refractivity contribution in [1.82, 2.24) is 15.0 Å². The smallest absolute Gasteiger partial charge is 0.231 e. The second-order valence-corrected chi connectivity index (χ2v) is 7.76. The Labute approximate surface area is 179 Å². The normalized spacial score (nSPS) is 17.4. The Bertz CT molecular complexity index is 1080. The summed E-state index contributed by atoms with van der Waals surface area (Å²) >= 11 is 0. The summed E-state index contributed by atoms with van der Waals surface area (Å²) in [4.78, 5) is 18.9. The van der Waals surface area contributed by atoms with Gasteiger partial charge >= 0.3 is 0 Å². The van der Waals surface area contributed by atoms with Crippen LogP contribution in [-0.2, 0) is 24.2 Å². The van der Waals surface area contributed by atoms with Crippen LogP contribution in [0.5, 0.6) is 17.2 Å². The molecular formula is C23H23N3O5. The third-order valence-electron chi connectivity index (χ3n) is 5.66. The Kier molecular flexibility index (Phi) is 5.19. The van der Waals surface area contributed by atoms with Crippen LogP contribution in [0.2, 0.25) is 0 Å². The van der Waals surface area contributed by atoms with Crippen LogP contribution in [0.25, 0.3) is 0 Å². The number of hydrogen-bond donors (Lipinski definition) is 0. The van der Waals surface area contributed by atoms with Gasteiger partial charge in [0.05, 0.1) is 7.11 Å². The molecule has 3 heterocycles. The van der Waals surface area contributed by atoms with Gasteiger partial charge in [0.25, 0.3) is 0 Å². The topological polar surface area (TPSA) is 86.9 Å². The molecule has 160 valence electrons. The standard InChI is InChI=1S/C23H23N3O5/c1-28-18-6-2-15(3-7-18)5-9-21-24-23(25-31-21)17-11-22(27)26(13-17)12-16-4-8-19-20(10-16)30-14-29-19/h2-4,6-8,10,17H,5,9,11-14H2,1H3. The van der Waals surface area contributed by atoms with Crippen molar-refractivity contribution >= 4 is 5.91 Å². The van der Waals surface area contributed by atoms with E-state index < -0.39 is 0 Å². The van der Waals surface area contributed by atoms with Crippen LogP contribution < -0.4 is 14.2 Å². The summed E-state index contributed by atoms with van der Waals surface area (Å²) < 4.78 is 21.4. The second kappa shape index (κ2) is 8.29. The number of hydrogen-bond acceptors (Lipinski definition) is 7. The Morgan fingerprint density at radius 1 is 1.06 bits per heavy atom. The molecule has 0 radical (unpaired) electrons. The SMILES string of the molecule is COc1ccc(CCc2nc(C3CC(=O)N(Cc4ccc5c(c4)OCO5)C3)no2)cc1. The first kappa shape index (κ1) is 19.4. The van der Waals surface area contributed by atoms with Crippen molar-refractivity contribution < 1.29 is 23.5 Å². The Balaban J connectivity index is 1.18. The molecule has 31 heavy (non-hydrogen) atoms. The highest BCUT2D eigenvalue weighted by atomic mass is 16.7. The summed E-state index contributed by atoms with van der Waals surface area (Å²) in [6, 6.07) is 13.7. The molecule has 1 unspecified atom stereocenters. The van der Waals surface area contributed by atoms with Crippen LogP contribution >= 0.6 is 0 Å². The third-order valence-corrected chi connectivity index (χ3v) is 5.66. The Morgan fingerprint density at radius 2 is 1.87 bits per heavy atom. The highest BCUT2D eigenvalue weighted by Gasteiger charge is 2.33. The van der Waals surface area contributed by atoms with Gasteiger partial charge in [0, 0.05) is 31.8 Å². The first-order valence-corrected chi connectivity index (χ1v) is 10.3. The summed E-state index contributed by atoms with van der Waals surface area (Å²) in [5, 5.41) is 4.14. The van der Waals surface area contributed by atoms with Gasteiger partial charge in [-0.1, -0.05) is 23.4 Å². The van der Waals surface area contributed by atoms with E-state index >= 15 is 0 Å². The molecule has 1 amide bonds. The predicted octanol–water partition coefficient (Wildman–Crippen LogP) is 3.11. The lowest BCUT2D eigenvalue weighted by Gasteiger charge is -2.16. The van der Waals surface area contributed by atoms with Gasteiger partial charge in [-0.3, -0.25) is 4.79 Å². The van der Waals surface area contributed by atoms with Gasteiger partial charge in [0.1, 0.15) is 5.75 Å². The highest BCUT2D eigenvalue weighted by molar-refractivity contribution is 5.79. The molecule has 0 aliphatic carbocycles. The van der Waals surface area contributed by atoms with Crippen LogP contribution in [-0.4, -0.2) is 41.4 Å². The zero-order valence-electron chi connectivity index (χ0n) is 17.2. The van der Waals surface area contributed by atoms with Crippen LogP contribution in [0.3, 0.4) is 0 Å². The number of methoxy groups -OCH3 is 1. The van der Waals surface area contributed by atoms with E-state index in [0.717, 1.165) is 29.2 Å². The summed E-state index contributed by atoms with van der Waals surface area (Å²) in [6.45, 7) is 1.33. The molecule has 2 aromatic carbocycles. The molecule has 0 bridgehead atoms. The fraction of sp³-hybridized carbons (Fsp3) is 0.348. The molecule has 0 spiro atoms. The lowest BCUT2D eigenvalue weighted by atomic mass is 10.1. The monoisotopic (exact) mass is 421 g/mol. The van der Waals surface area contributed by atoms with Gasteiger partial charge in [-0.2, -0.15) is 4.98 Å². The summed E-state index contributed by atoms with van der Waals surface area (Å²) in [5.74, 6) is 3.52. The molecule has 5 rings (SSSR count). The maximum atomic E-state index is 12.5. The van der Waals surface area contributed by atoms with E-state index in [0.29, 0.717) is 37.6 Å². The molecule has 2 aliphatic heterocycles. The van der Waals surface area contributed by atoms with E-state index in [1.165, 1.54) is 5.56 Å². The van der Waals surface area contributed by atoms with Crippen molar-refractivity contribution in [3.63, 3.8) is 0 Å². The van der Waals surface area contributed by atoms with Crippen molar-refractivity contribution in [1.29, 1.82) is 0 Å². The van der Waals surface area contributed by atoms with Gasteiger partial charge in [-0.05, 0) is 41.8 Å². The van der Waals surface area contributed by atoms with Crippen molar-refractivity contribution in [2.75, 3.05) is 20.4 Å². The van der Waals surface area contributed by atoms with Crippen molar-refractivity contribution in [3.8, 4) is 17.2 Å². The number of likely N-dealkylation sites (tertiary alicyclic amines) is 1. The Hall–Kier alpha value is -3.55. The predicted molar refractivity (Wildman–Crippen MR) is 110 cm³/mol. The summed E-state index contributed by atoms with van der Waals surface area (Å²) in [5.41, 5.74) is 2.18. The first-order valence-electron chi connectivity index (χ1n) is 10.3. The number of aromatic nitrogens is 2. The maximum Gasteiger partial charge on any atom is 0.231 e. The zero-order chi connectivity index (χ0) is 21.2. The molecule has 8 nitrogen and oxygen atoms in total. The fourth-order valence-electron chi connectivity index (χ4n) is 3.94. The fourth-order valence-corrected chi connectivity index (χ4v) is 3.94. The van der Waals surface area contributed by atoms with Gasteiger partial charge in [0.15, 0.2) is 17.3 Å². The number of amides is 1. The van der Waals surface area contributed by atoms with Crippen molar-refractivity contribution in [3.05, 3.63) is 65.3 Å². The second-order valence-electron chi connectivity index (χ2n) is 7.76. The van der Waals surface area contributed by atoms with E-state index in [9.17, 15) is 4.79 Å². The molecular weight excluding hydrogens is 398 g/mol. The minimum absolute atomic E-state index is 0.0556. The van der Waals surface area contributed by atoms with E-state index in [1.54, 1.807) is 7.11 Å². The van der Waals surface area contributed by atoms with Crippen LogP contribution in [0, 0.1) is 0 Å². The van der Waals surface area contributed by atoms with Gasteiger partial charge < -0.3 is 23.6 Å². The lowest BCUT2D eigenvalue weighted by molar-refractivity contribution is -0.128. The quantitative estimate of drug-likeness (QED) is 0.579. The molecule has 8 heteroatoms. The molecule has 0 saturated carbocycles. The number of ether oxygens (including phenoxy) is 3. The Morgan fingerprint density at radius 3 is 2.71 bits per heavy atom. The molecule has 1 saturated heterocycles. The third kappa shape index (κ3) is 4.19. The number of benzene rings is 2. The van der Waals surface area contributed by atoms with Crippen LogP contribution in [0.15, 0.2) is 47.0 Å². The first-order chi connectivity index (χ1) is 15.2. The molecule has 0 N–H and O–H groups in total. The highest BCUT2D eigenvalue weighted by Crippen LogP contribution is 2.34. The minimum atomic E-state index is -0.0556. The molecule has 1 atom stereocenters. The summed E-state index contributed by atoms with van der Waals surface area (Å²) in [6.07, 6.45) is 1.84. The average molecular weight is 421 g/mol. The van der Waals surface area contributed by atoms with E-state index in [-0.39, 0.29) is 18.6 Å². The minimum Gasteiger partial charge on any atom is -0.497 e. The molecule has 1 aromatic heterocycles. The average Bonchev–Trinajstić information content (AvgIpc) is 3.53. The number of fused-ring (bicyclic) bond motifs is 1. The van der Waals surface area contributed by atoms with E-state index in [2.05, 4.69) is 10.1 Å². The number of rotatable bonds is 7. The largest absolute Gasteiger partial charge is 0.497 e. The van der Waals surface area contributed by atoms with Gasteiger partial charge in [-0.25, -0.2) is 0 Å². The zero-order valence-corrected chi connectivity index (χ0v) is 17.2. The van der Waals surface area contributed by atoms with Crippen LogP contribution in [0.1, 0.15) is 35.2 Å². The van der Waals surface area contributed by atoms with E-state index in [1.807, 2.05) is 47.4 Å². The molecule has 1 fully saturated rings. The number of aryl methyl sites for hydroxylation is 2. The number of nitrogens with zero attached hydrogens (tertiary/aromatic N) is 3. The van der Waals surface area contributed by atoms with Crippen molar-refractivity contribution in [2.24, 2.45) is 0 Å². The lowest BCUT2D eigenvalue weighted by Crippen LogP contribution is -2.24. The number of carbonyl (C=O) groups excluding carboxylic acids is 1. The van der Waals surface area contributed by atoms with Crippen LogP contribution in [0.4, 0.5) is 0 Å². The molecule has 3 aromatic rings. The molecule has 2 aliphatic rings. The maximum absolute atomic E-state index is 12.5.